The maximum absolute atomic E-state index is 13.8. The molecule has 3 aliphatic rings. The first-order valence-electron chi connectivity index (χ1n) is 13.1. The number of halogens is 5. The number of hydrogen-bond donors (Lipinski definition) is 1. The summed E-state index contributed by atoms with van der Waals surface area (Å²) in [5.74, 6) is -2.87. The maximum atomic E-state index is 13.8. The molecule has 40 heavy (non-hydrogen) atoms. The number of rotatable bonds is 5. The number of anilines is 1. The average molecular weight is 580 g/mol. The Morgan fingerprint density at radius 3 is 2.60 bits per heavy atom. The second kappa shape index (κ2) is 10.7. The van der Waals surface area contributed by atoms with E-state index in [9.17, 15) is 22.4 Å². The van der Waals surface area contributed by atoms with E-state index in [1.807, 2.05) is 18.2 Å². The summed E-state index contributed by atoms with van der Waals surface area (Å²) < 4.78 is 58.2. The molecule has 1 N–H and O–H groups in total. The van der Waals surface area contributed by atoms with E-state index in [1.165, 1.54) is 24.6 Å². The molecule has 0 spiro atoms. The fourth-order valence-electron chi connectivity index (χ4n) is 5.57. The van der Waals surface area contributed by atoms with E-state index in [0.717, 1.165) is 30.6 Å². The zero-order valence-electron chi connectivity index (χ0n) is 22.3. The second-order valence-electron chi connectivity index (χ2n) is 10.7. The molecule has 3 unspecified atom stereocenters. The standard InChI is InChI=1S/C28H30ClF4N5O2/c1-16(2)37-11-8-17(9-12-37)18-4-6-20-21(14-18)24(34-19-5-7-23(30)22(29)15-19)10-13-38-25(20)27(3,35-36-38)40-26(39)28(31,32)33/h4-8,14-16,24-25,34H,9-13H2,1-3H3. The van der Waals surface area contributed by atoms with Crippen LogP contribution in [0.5, 0.6) is 0 Å². The van der Waals surface area contributed by atoms with Crippen LogP contribution in [0.25, 0.3) is 5.57 Å². The summed E-state index contributed by atoms with van der Waals surface area (Å²) in [6, 6.07) is 9.40. The van der Waals surface area contributed by atoms with Crippen molar-refractivity contribution in [2.75, 3.05) is 25.0 Å². The molecule has 0 fully saturated rings. The van der Waals surface area contributed by atoms with Crippen molar-refractivity contribution < 1.29 is 27.1 Å². The van der Waals surface area contributed by atoms with Crippen LogP contribution in [-0.2, 0) is 9.53 Å². The summed E-state index contributed by atoms with van der Waals surface area (Å²) >= 11 is 6.02. The third kappa shape index (κ3) is 5.54. The third-order valence-electron chi connectivity index (χ3n) is 7.70. The van der Waals surface area contributed by atoms with E-state index in [-0.39, 0.29) is 11.1 Å². The number of nitrogens with zero attached hydrogens (tertiary/aromatic N) is 4. The lowest BCUT2D eigenvalue weighted by Gasteiger charge is -2.33. The van der Waals surface area contributed by atoms with Gasteiger partial charge < -0.3 is 10.1 Å². The highest BCUT2D eigenvalue weighted by Crippen LogP contribution is 2.48. The van der Waals surface area contributed by atoms with Crippen LogP contribution in [0.3, 0.4) is 0 Å². The van der Waals surface area contributed by atoms with Gasteiger partial charge in [-0.2, -0.15) is 13.2 Å². The molecule has 3 aliphatic heterocycles. The lowest BCUT2D eigenvalue weighted by Crippen LogP contribution is -2.42. The van der Waals surface area contributed by atoms with E-state index in [4.69, 9.17) is 16.3 Å². The van der Waals surface area contributed by atoms with Crippen molar-refractivity contribution in [3.05, 3.63) is 70.0 Å². The minimum absolute atomic E-state index is 0.0317. The van der Waals surface area contributed by atoms with Crippen molar-refractivity contribution in [3.63, 3.8) is 0 Å². The highest BCUT2D eigenvalue weighted by Gasteiger charge is 2.54. The Hall–Kier alpha value is -3.18. The molecule has 0 aliphatic carbocycles. The van der Waals surface area contributed by atoms with Crippen LogP contribution < -0.4 is 5.32 Å². The Labute approximate surface area is 234 Å². The summed E-state index contributed by atoms with van der Waals surface area (Å²) in [5.41, 5.74) is 2.32. The zero-order chi connectivity index (χ0) is 28.8. The van der Waals surface area contributed by atoms with Crippen LogP contribution >= 0.6 is 11.6 Å². The van der Waals surface area contributed by atoms with Gasteiger partial charge in [0.2, 0.25) is 5.72 Å². The minimum Gasteiger partial charge on any atom is -0.426 e. The molecule has 0 radical (unpaired) electrons. The molecule has 12 heteroatoms. The van der Waals surface area contributed by atoms with E-state index in [1.54, 1.807) is 11.1 Å². The van der Waals surface area contributed by atoms with Crippen LogP contribution in [0.1, 0.15) is 62.4 Å². The first-order chi connectivity index (χ1) is 18.9. The van der Waals surface area contributed by atoms with Crippen molar-refractivity contribution in [1.82, 2.24) is 9.91 Å². The molecule has 5 rings (SSSR count). The third-order valence-corrected chi connectivity index (χ3v) is 7.99. The smallest absolute Gasteiger partial charge is 0.426 e. The number of alkyl halides is 3. The number of nitrogens with one attached hydrogen (secondary N) is 1. The Morgan fingerprint density at radius 2 is 1.95 bits per heavy atom. The lowest BCUT2D eigenvalue weighted by atomic mass is 9.87. The van der Waals surface area contributed by atoms with Crippen LogP contribution in [-0.4, -0.2) is 53.5 Å². The highest BCUT2D eigenvalue weighted by atomic mass is 35.5. The number of carbonyl (C=O) groups excluding carboxylic acids is 1. The van der Waals surface area contributed by atoms with Gasteiger partial charge >= 0.3 is 12.1 Å². The molecule has 2 aromatic carbocycles. The first kappa shape index (κ1) is 28.4. The highest BCUT2D eigenvalue weighted by molar-refractivity contribution is 6.31. The SMILES string of the molecule is CC(C)N1CC=C(c2ccc3c(c2)C(Nc2ccc(F)c(Cl)c2)CCN2N=NC(C)(OC(=O)C(F)(F)F)C32)CC1. The fraction of sp³-hybridized carbons (Fsp3) is 0.464. The molecular formula is C28H30ClF4N5O2. The second-order valence-corrected chi connectivity index (χ2v) is 11.1. The molecule has 0 aromatic heterocycles. The number of hydrogen-bond acceptors (Lipinski definition) is 7. The zero-order valence-corrected chi connectivity index (χ0v) is 23.1. The Bertz CT molecular complexity index is 1360. The van der Waals surface area contributed by atoms with Gasteiger partial charge in [0.1, 0.15) is 11.9 Å². The normalized spacial score (nSPS) is 24.8. The fourth-order valence-corrected chi connectivity index (χ4v) is 5.75. The van der Waals surface area contributed by atoms with Gasteiger partial charge in [0.15, 0.2) is 0 Å². The van der Waals surface area contributed by atoms with Crippen LogP contribution in [0.4, 0.5) is 23.2 Å². The predicted octanol–water partition coefficient (Wildman–Crippen LogP) is 7.08. The summed E-state index contributed by atoms with van der Waals surface area (Å²) in [6.45, 7) is 7.70. The Morgan fingerprint density at radius 1 is 1.18 bits per heavy atom. The predicted molar refractivity (Wildman–Crippen MR) is 143 cm³/mol. The molecule has 2 aromatic rings. The maximum Gasteiger partial charge on any atom is 0.491 e. The van der Waals surface area contributed by atoms with Crippen molar-refractivity contribution >= 4 is 28.8 Å². The topological polar surface area (TPSA) is 69.5 Å². The van der Waals surface area contributed by atoms with Crippen molar-refractivity contribution in [1.29, 1.82) is 0 Å². The van der Waals surface area contributed by atoms with E-state index in [2.05, 4.69) is 40.5 Å². The molecule has 3 heterocycles. The van der Waals surface area contributed by atoms with Gasteiger partial charge in [-0.15, -0.1) is 5.11 Å². The van der Waals surface area contributed by atoms with Gasteiger partial charge in [0.05, 0.1) is 11.1 Å². The molecule has 0 saturated heterocycles. The molecule has 3 atom stereocenters. The van der Waals surface area contributed by atoms with Crippen LogP contribution in [0, 0.1) is 5.82 Å². The van der Waals surface area contributed by atoms with E-state index in [0.29, 0.717) is 30.3 Å². The Balaban J connectivity index is 1.55. The summed E-state index contributed by atoms with van der Waals surface area (Å²) in [4.78, 5) is 14.2. The molecule has 0 bridgehead atoms. The van der Waals surface area contributed by atoms with Crippen LogP contribution in [0.15, 0.2) is 52.8 Å². The van der Waals surface area contributed by atoms with Crippen LogP contribution in [0.2, 0.25) is 5.02 Å². The number of carbonyl (C=O) groups is 1. The number of fused-ring (bicyclic) bond motifs is 3. The van der Waals surface area contributed by atoms with Crippen molar-refractivity contribution in [2.45, 2.75) is 63.6 Å². The monoisotopic (exact) mass is 579 g/mol. The van der Waals surface area contributed by atoms with Gasteiger partial charge in [-0.25, -0.2) is 9.18 Å². The minimum atomic E-state index is -5.17. The van der Waals surface area contributed by atoms with E-state index < -0.39 is 29.7 Å². The summed E-state index contributed by atoms with van der Waals surface area (Å²) in [6.07, 6.45) is -1.63. The number of esters is 1. The molecule has 0 saturated carbocycles. The van der Waals surface area contributed by atoms with Gasteiger partial charge in [0.25, 0.3) is 0 Å². The summed E-state index contributed by atoms with van der Waals surface area (Å²) in [7, 11) is 0. The molecule has 0 amide bonds. The van der Waals surface area contributed by atoms with Crippen molar-refractivity contribution in [3.8, 4) is 0 Å². The summed E-state index contributed by atoms with van der Waals surface area (Å²) in [5, 5.41) is 13.0. The lowest BCUT2D eigenvalue weighted by molar-refractivity contribution is -0.215. The number of benzene rings is 2. The van der Waals surface area contributed by atoms with Gasteiger partial charge in [-0.3, -0.25) is 9.91 Å². The van der Waals surface area contributed by atoms with Gasteiger partial charge in [-0.05, 0) is 73.2 Å². The quantitative estimate of drug-likeness (QED) is 0.303. The molecular weight excluding hydrogens is 550 g/mol. The number of ether oxygens (including phenoxy) is 1. The van der Waals surface area contributed by atoms with Crippen molar-refractivity contribution in [2.24, 2.45) is 10.3 Å². The largest absolute Gasteiger partial charge is 0.491 e. The molecule has 214 valence electrons. The Kier molecular flexibility index (Phi) is 7.56. The van der Waals surface area contributed by atoms with Gasteiger partial charge in [-0.1, -0.05) is 35.0 Å². The van der Waals surface area contributed by atoms with Gasteiger partial charge in [0, 0.05) is 38.3 Å². The first-order valence-corrected chi connectivity index (χ1v) is 13.5. The van der Waals surface area contributed by atoms with E-state index >= 15 is 0 Å². The average Bonchev–Trinajstić information content (AvgIpc) is 3.13. The molecule has 7 nitrogen and oxygen atoms in total.